The number of alkyl halides is 3. The average Bonchev–Trinajstić information content (AvgIpc) is 2.54. The van der Waals surface area contributed by atoms with Gasteiger partial charge in [-0.05, 0) is 42.3 Å². The fourth-order valence-corrected chi connectivity index (χ4v) is 3.20. The van der Waals surface area contributed by atoms with E-state index in [1.807, 2.05) is 4.90 Å². The van der Waals surface area contributed by atoms with Crippen LogP contribution >= 0.6 is 0 Å². The molecule has 0 aliphatic carbocycles. The molecule has 1 fully saturated rings. The lowest BCUT2D eigenvalue weighted by Gasteiger charge is -2.38. The van der Waals surface area contributed by atoms with Crippen LogP contribution in [0.2, 0.25) is 0 Å². The number of anilines is 1. The second-order valence-electron chi connectivity index (χ2n) is 6.20. The summed E-state index contributed by atoms with van der Waals surface area (Å²) < 4.78 is 51.8. The Morgan fingerprint density at radius 3 is 2.38 bits per heavy atom. The SMILES string of the molecule is NC1CC(c2ccc(F)cc2)CN(c2cccc(C(F)(F)F)c2)C1. The summed E-state index contributed by atoms with van der Waals surface area (Å²) >= 11 is 0. The molecule has 128 valence electrons. The highest BCUT2D eigenvalue weighted by atomic mass is 19.4. The van der Waals surface area contributed by atoms with Crippen LogP contribution in [0, 0.1) is 5.82 Å². The van der Waals surface area contributed by atoms with Gasteiger partial charge >= 0.3 is 6.18 Å². The Hall–Kier alpha value is -2.08. The summed E-state index contributed by atoms with van der Waals surface area (Å²) in [7, 11) is 0. The highest BCUT2D eigenvalue weighted by Gasteiger charge is 2.32. The second-order valence-corrected chi connectivity index (χ2v) is 6.20. The number of hydrogen-bond acceptors (Lipinski definition) is 2. The van der Waals surface area contributed by atoms with E-state index in [9.17, 15) is 17.6 Å². The van der Waals surface area contributed by atoms with Gasteiger partial charge in [0.05, 0.1) is 5.56 Å². The maximum Gasteiger partial charge on any atom is 0.416 e. The third-order valence-corrected chi connectivity index (χ3v) is 4.36. The molecule has 2 atom stereocenters. The van der Waals surface area contributed by atoms with Gasteiger partial charge in [0, 0.05) is 30.7 Å². The van der Waals surface area contributed by atoms with Crippen molar-refractivity contribution in [1.29, 1.82) is 0 Å². The van der Waals surface area contributed by atoms with Crippen molar-refractivity contribution >= 4 is 5.69 Å². The van der Waals surface area contributed by atoms with Crippen LogP contribution in [0.15, 0.2) is 48.5 Å². The minimum atomic E-state index is -4.37. The lowest BCUT2D eigenvalue weighted by atomic mass is 9.88. The maximum absolute atomic E-state index is 13.1. The highest BCUT2D eigenvalue weighted by molar-refractivity contribution is 5.50. The van der Waals surface area contributed by atoms with Crippen molar-refractivity contribution < 1.29 is 17.6 Å². The summed E-state index contributed by atoms with van der Waals surface area (Å²) in [5, 5.41) is 0. The Morgan fingerprint density at radius 1 is 1.00 bits per heavy atom. The van der Waals surface area contributed by atoms with E-state index < -0.39 is 11.7 Å². The van der Waals surface area contributed by atoms with E-state index in [0.717, 1.165) is 24.1 Å². The first-order chi connectivity index (χ1) is 11.3. The summed E-state index contributed by atoms with van der Waals surface area (Å²) in [6, 6.07) is 11.3. The van der Waals surface area contributed by atoms with Crippen molar-refractivity contribution in [2.45, 2.75) is 24.6 Å². The summed E-state index contributed by atoms with van der Waals surface area (Å²) in [6.45, 7) is 1.06. The van der Waals surface area contributed by atoms with Gasteiger partial charge in [-0.25, -0.2) is 4.39 Å². The van der Waals surface area contributed by atoms with E-state index in [0.29, 0.717) is 18.8 Å². The zero-order valence-corrected chi connectivity index (χ0v) is 12.9. The van der Waals surface area contributed by atoms with Gasteiger partial charge in [-0.1, -0.05) is 18.2 Å². The van der Waals surface area contributed by atoms with E-state index in [1.165, 1.54) is 18.2 Å². The van der Waals surface area contributed by atoms with Crippen molar-refractivity contribution in [3.63, 3.8) is 0 Å². The molecule has 1 aliphatic rings. The third-order valence-electron chi connectivity index (χ3n) is 4.36. The van der Waals surface area contributed by atoms with Crippen molar-refractivity contribution in [2.24, 2.45) is 5.73 Å². The van der Waals surface area contributed by atoms with Crippen LogP contribution in [0.5, 0.6) is 0 Å². The number of hydrogen-bond donors (Lipinski definition) is 1. The Kier molecular flexibility index (Phi) is 4.49. The Balaban J connectivity index is 1.84. The minimum absolute atomic E-state index is 0.0592. The molecule has 0 aromatic heterocycles. The van der Waals surface area contributed by atoms with E-state index >= 15 is 0 Å². The van der Waals surface area contributed by atoms with Crippen LogP contribution in [-0.4, -0.2) is 19.1 Å². The van der Waals surface area contributed by atoms with Gasteiger partial charge in [0.25, 0.3) is 0 Å². The number of piperidine rings is 1. The van der Waals surface area contributed by atoms with Gasteiger partial charge in [0.15, 0.2) is 0 Å². The van der Waals surface area contributed by atoms with Gasteiger partial charge in [0.2, 0.25) is 0 Å². The largest absolute Gasteiger partial charge is 0.416 e. The molecule has 6 heteroatoms. The highest BCUT2D eigenvalue weighted by Crippen LogP contribution is 2.34. The number of nitrogens with zero attached hydrogens (tertiary/aromatic N) is 1. The fraction of sp³-hybridized carbons (Fsp3) is 0.333. The molecule has 0 saturated carbocycles. The molecular formula is C18H18F4N2. The molecular weight excluding hydrogens is 320 g/mol. The molecule has 1 saturated heterocycles. The molecule has 24 heavy (non-hydrogen) atoms. The van der Waals surface area contributed by atoms with Gasteiger partial charge < -0.3 is 10.6 Å². The molecule has 2 aromatic carbocycles. The summed E-state index contributed by atoms with van der Waals surface area (Å²) in [4.78, 5) is 1.87. The van der Waals surface area contributed by atoms with Crippen LogP contribution in [0.4, 0.5) is 23.2 Å². The molecule has 2 aromatic rings. The van der Waals surface area contributed by atoms with Crippen molar-refractivity contribution in [3.05, 3.63) is 65.5 Å². The standard InChI is InChI=1S/C18H18F4N2/c19-15-6-4-12(5-7-15)13-8-16(23)11-24(10-13)17-3-1-2-14(9-17)18(20,21)22/h1-7,9,13,16H,8,10-11,23H2. The zero-order valence-electron chi connectivity index (χ0n) is 12.9. The van der Waals surface area contributed by atoms with Crippen LogP contribution in [0.1, 0.15) is 23.5 Å². The Labute approximate surface area is 137 Å². The second kappa shape index (κ2) is 6.43. The zero-order chi connectivity index (χ0) is 17.3. The fourth-order valence-electron chi connectivity index (χ4n) is 3.20. The number of rotatable bonds is 2. The summed E-state index contributed by atoms with van der Waals surface area (Å²) in [5.74, 6) is -0.252. The molecule has 3 rings (SSSR count). The predicted molar refractivity (Wildman–Crippen MR) is 85.4 cm³/mol. The average molecular weight is 338 g/mol. The molecule has 0 bridgehead atoms. The molecule has 1 aliphatic heterocycles. The van der Waals surface area contributed by atoms with Gasteiger partial charge in [-0.3, -0.25) is 0 Å². The number of halogens is 4. The molecule has 0 radical (unpaired) electrons. The summed E-state index contributed by atoms with van der Waals surface area (Å²) in [5.41, 5.74) is 6.89. The van der Waals surface area contributed by atoms with Crippen LogP contribution in [-0.2, 0) is 6.18 Å². The third kappa shape index (κ3) is 3.70. The van der Waals surface area contributed by atoms with Crippen LogP contribution in [0.3, 0.4) is 0 Å². The predicted octanol–water partition coefficient (Wildman–Crippen LogP) is 4.17. The van der Waals surface area contributed by atoms with E-state index in [2.05, 4.69) is 0 Å². The molecule has 0 amide bonds. The first-order valence-electron chi connectivity index (χ1n) is 7.76. The number of nitrogens with two attached hydrogens (primary N) is 1. The smallest absolute Gasteiger partial charge is 0.369 e. The lowest BCUT2D eigenvalue weighted by Crippen LogP contribution is -2.46. The Morgan fingerprint density at radius 2 is 1.71 bits per heavy atom. The van der Waals surface area contributed by atoms with Crippen molar-refractivity contribution in [2.75, 3.05) is 18.0 Å². The van der Waals surface area contributed by atoms with Crippen molar-refractivity contribution in [3.8, 4) is 0 Å². The normalized spacial score (nSPS) is 21.8. The summed E-state index contributed by atoms with van der Waals surface area (Å²) in [6.07, 6.45) is -3.65. The first-order valence-corrected chi connectivity index (χ1v) is 7.76. The Bertz CT molecular complexity index is 697. The van der Waals surface area contributed by atoms with Crippen LogP contribution < -0.4 is 10.6 Å². The maximum atomic E-state index is 13.1. The minimum Gasteiger partial charge on any atom is -0.369 e. The van der Waals surface area contributed by atoms with Gasteiger partial charge in [0.1, 0.15) is 5.82 Å². The molecule has 2 N–H and O–H groups in total. The molecule has 1 heterocycles. The first kappa shape index (κ1) is 16.8. The number of benzene rings is 2. The quantitative estimate of drug-likeness (QED) is 0.833. The van der Waals surface area contributed by atoms with Crippen LogP contribution in [0.25, 0.3) is 0 Å². The van der Waals surface area contributed by atoms with Gasteiger partial charge in [-0.15, -0.1) is 0 Å². The van der Waals surface area contributed by atoms with E-state index in [1.54, 1.807) is 18.2 Å². The van der Waals surface area contributed by atoms with Crippen molar-refractivity contribution in [1.82, 2.24) is 0 Å². The topological polar surface area (TPSA) is 29.3 Å². The molecule has 2 nitrogen and oxygen atoms in total. The monoisotopic (exact) mass is 338 g/mol. The van der Waals surface area contributed by atoms with E-state index in [-0.39, 0.29) is 17.8 Å². The molecule has 0 spiro atoms. The lowest BCUT2D eigenvalue weighted by molar-refractivity contribution is -0.137. The van der Waals surface area contributed by atoms with Gasteiger partial charge in [-0.2, -0.15) is 13.2 Å². The molecule has 2 unspecified atom stereocenters. The van der Waals surface area contributed by atoms with E-state index in [4.69, 9.17) is 5.73 Å².